The summed E-state index contributed by atoms with van der Waals surface area (Å²) in [4.78, 5) is 1.93. The van der Waals surface area contributed by atoms with Crippen LogP contribution in [0.4, 0.5) is 8.78 Å². The predicted molar refractivity (Wildman–Crippen MR) is 81.3 cm³/mol. The van der Waals surface area contributed by atoms with Gasteiger partial charge in [0.1, 0.15) is 11.6 Å². The van der Waals surface area contributed by atoms with Crippen molar-refractivity contribution < 1.29 is 13.9 Å². The Kier molecular flexibility index (Phi) is 4.37. The molecule has 0 aliphatic carbocycles. The highest BCUT2D eigenvalue weighted by atomic mass is 19.1. The average molecular weight is 314 g/mol. The van der Waals surface area contributed by atoms with E-state index < -0.39 is 17.7 Å². The van der Waals surface area contributed by atoms with Gasteiger partial charge in [-0.15, -0.1) is 0 Å². The molecular weight excluding hydrogens is 298 g/mol. The fraction of sp³-hybridized carbons (Fsp3) is 0.278. The van der Waals surface area contributed by atoms with Crippen molar-refractivity contribution in [3.8, 4) is 6.07 Å². The Morgan fingerprint density at radius 1 is 1.17 bits per heavy atom. The lowest BCUT2D eigenvalue weighted by atomic mass is 10.0. The zero-order valence-corrected chi connectivity index (χ0v) is 12.4. The molecule has 0 bridgehead atoms. The van der Waals surface area contributed by atoms with E-state index in [1.165, 1.54) is 6.07 Å². The van der Waals surface area contributed by atoms with Gasteiger partial charge in [0.25, 0.3) is 0 Å². The van der Waals surface area contributed by atoms with Crippen LogP contribution in [0, 0.1) is 23.0 Å². The van der Waals surface area contributed by atoms with Gasteiger partial charge in [0.15, 0.2) is 0 Å². The van der Waals surface area contributed by atoms with E-state index in [0.717, 1.165) is 17.7 Å². The highest BCUT2D eigenvalue weighted by molar-refractivity contribution is 5.32. The Hall–Kier alpha value is -2.29. The first-order valence-corrected chi connectivity index (χ1v) is 7.43. The molecule has 2 atom stereocenters. The fourth-order valence-electron chi connectivity index (χ4n) is 3.07. The minimum Gasteiger partial charge on any atom is -0.392 e. The van der Waals surface area contributed by atoms with Gasteiger partial charge in [-0.2, -0.15) is 5.26 Å². The molecule has 1 heterocycles. The van der Waals surface area contributed by atoms with Gasteiger partial charge in [0, 0.05) is 24.7 Å². The summed E-state index contributed by atoms with van der Waals surface area (Å²) in [7, 11) is 0. The van der Waals surface area contributed by atoms with E-state index in [9.17, 15) is 13.9 Å². The van der Waals surface area contributed by atoms with Gasteiger partial charge in [-0.25, -0.2) is 8.78 Å². The molecule has 1 saturated heterocycles. The molecule has 3 nitrogen and oxygen atoms in total. The predicted octanol–water partition coefficient (Wildman–Crippen LogP) is 3.14. The maximum absolute atomic E-state index is 14.0. The molecule has 2 aromatic carbocycles. The van der Waals surface area contributed by atoms with Crippen LogP contribution >= 0.6 is 0 Å². The van der Waals surface area contributed by atoms with E-state index >= 15 is 0 Å². The second-order valence-corrected chi connectivity index (χ2v) is 5.81. The van der Waals surface area contributed by atoms with Crippen LogP contribution in [0.3, 0.4) is 0 Å². The van der Waals surface area contributed by atoms with E-state index in [4.69, 9.17) is 5.26 Å². The van der Waals surface area contributed by atoms with Crippen LogP contribution in [0.5, 0.6) is 0 Å². The van der Waals surface area contributed by atoms with Crippen LogP contribution in [0.1, 0.15) is 29.2 Å². The average Bonchev–Trinajstić information content (AvgIpc) is 2.91. The molecule has 1 N–H and O–H groups in total. The summed E-state index contributed by atoms with van der Waals surface area (Å²) < 4.78 is 27.5. The summed E-state index contributed by atoms with van der Waals surface area (Å²) >= 11 is 0. The molecule has 0 amide bonds. The second kappa shape index (κ2) is 6.45. The topological polar surface area (TPSA) is 47.3 Å². The van der Waals surface area contributed by atoms with Crippen LogP contribution in [0.25, 0.3) is 0 Å². The molecule has 0 saturated carbocycles. The minimum atomic E-state index is -0.568. The lowest BCUT2D eigenvalue weighted by Gasteiger charge is -2.25. The number of aliphatic hydroxyl groups is 1. The van der Waals surface area contributed by atoms with Gasteiger partial charge in [-0.3, -0.25) is 4.90 Å². The van der Waals surface area contributed by atoms with Crippen LogP contribution in [0.2, 0.25) is 0 Å². The molecule has 23 heavy (non-hydrogen) atoms. The van der Waals surface area contributed by atoms with E-state index in [1.807, 2.05) is 17.0 Å². The van der Waals surface area contributed by atoms with Crippen molar-refractivity contribution in [2.24, 2.45) is 0 Å². The minimum absolute atomic E-state index is 0.273. The van der Waals surface area contributed by atoms with Crippen molar-refractivity contribution in [1.82, 2.24) is 4.90 Å². The first-order chi connectivity index (χ1) is 11.1. The molecule has 118 valence electrons. The van der Waals surface area contributed by atoms with Gasteiger partial charge in [-0.1, -0.05) is 12.1 Å². The van der Waals surface area contributed by atoms with Gasteiger partial charge in [-0.05, 0) is 42.3 Å². The quantitative estimate of drug-likeness (QED) is 0.947. The zero-order chi connectivity index (χ0) is 16.4. The maximum Gasteiger partial charge on any atom is 0.128 e. The zero-order valence-electron chi connectivity index (χ0n) is 12.4. The van der Waals surface area contributed by atoms with Crippen LogP contribution in [-0.2, 0) is 6.54 Å². The third kappa shape index (κ3) is 3.39. The number of likely N-dealkylation sites (tertiary alicyclic amines) is 1. The number of rotatable bonds is 3. The second-order valence-electron chi connectivity index (χ2n) is 5.81. The largest absolute Gasteiger partial charge is 0.392 e. The lowest BCUT2D eigenvalue weighted by molar-refractivity contribution is 0.172. The number of aliphatic hydroxyl groups excluding tert-OH is 1. The lowest BCUT2D eigenvalue weighted by Crippen LogP contribution is -2.25. The van der Waals surface area contributed by atoms with E-state index in [-0.39, 0.29) is 11.6 Å². The molecule has 2 aromatic rings. The number of benzene rings is 2. The summed E-state index contributed by atoms with van der Waals surface area (Å²) in [6, 6.07) is 12.2. The van der Waals surface area contributed by atoms with Crippen molar-refractivity contribution in [3.63, 3.8) is 0 Å². The Morgan fingerprint density at radius 3 is 2.61 bits per heavy atom. The monoisotopic (exact) mass is 314 g/mol. The number of nitriles is 1. The number of hydrogen-bond donors (Lipinski definition) is 1. The molecule has 0 aromatic heterocycles. The highest BCUT2D eigenvalue weighted by Gasteiger charge is 2.33. The van der Waals surface area contributed by atoms with Crippen molar-refractivity contribution in [1.29, 1.82) is 5.26 Å². The van der Waals surface area contributed by atoms with E-state index in [1.54, 1.807) is 12.1 Å². The smallest absolute Gasteiger partial charge is 0.128 e. The van der Waals surface area contributed by atoms with Gasteiger partial charge < -0.3 is 5.11 Å². The molecule has 1 fully saturated rings. The molecule has 0 spiro atoms. The normalized spacial score (nSPS) is 21.3. The summed E-state index contributed by atoms with van der Waals surface area (Å²) in [5.74, 6) is -0.948. The molecule has 0 radical (unpaired) electrons. The Balaban J connectivity index is 1.84. The molecule has 1 aliphatic heterocycles. The van der Waals surface area contributed by atoms with Crippen LogP contribution in [-0.4, -0.2) is 22.7 Å². The number of nitrogens with zero attached hydrogens (tertiary/aromatic N) is 2. The number of halogens is 2. The summed E-state index contributed by atoms with van der Waals surface area (Å²) in [5.41, 5.74) is 1.80. The van der Waals surface area contributed by atoms with Gasteiger partial charge in [0.2, 0.25) is 0 Å². The van der Waals surface area contributed by atoms with Crippen molar-refractivity contribution in [2.75, 3.05) is 6.54 Å². The third-order valence-corrected chi connectivity index (χ3v) is 4.17. The van der Waals surface area contributed by atoms with Crippen molar-refractivity contribution in [2.45, 2.75) is 25.1 Å². The fourth-order valence-corrected chi connectivity index (χ4v) is 3.07. The Morgan fingerprint density at radius 2 is 1.91 bits per heavy atom. The van der Waals surface area contributed by atoms with Gasteiger partial charge in [0.05, 0.1) is 17.7 Å². The summed E-state index contributed by atoms with van der Waals surface area (Å²) in [5, 5.41) is 18.8. The molecule has 0 unspecified atom stereocenters. The highest BCUT2D eigenvalue weighted by Crippen LogP contribution is 2.35. The first kappa shape index (κ1) is 15.6. The first-order valence-electron chi connectivity index (χ1n) is 7.43. The number of hydrogen-bond acceptors (Lipinski definition) is 3. The molecule has 1 aliphatic rings. The molecule has 3 rings (SSSR count). The summed E-state index contributed by atoms with van der Waals surface area (Å²) in [6.45, 7) is 0.907. The maximum atomic E-state index is 14.0. The molecular formula is C18H16F2N2O. The summed E-state index contributed by atoms with van der Waals surface area (Å²) in [6.07, 6.45) is -0.197. The van der Waals surface area contributed by atoms with E-state index in [2.05, 4.69) is 6.07 Å². The van der Waals surface area contributed by atoms with Crippen molar-refractivity contribution in [3.05, 3.63) is 70.8 Å². The van der Waals surface area contributed by atoms with Crippen LogP contribution in [0.15, 0.2) is 42.5 Å². The van der Waals surface area contributed by atoms with E-state index in [0.29, 0.717) is 25.1 Å². The number of β-amino-alcohol motifs (C(OH)–C–C–N with tert-alkyl or cyclic N) is 1. The van der Waals surface area contributed by atoms with Crippen LogP contribution < -0.4 is 0 Å². The Bertz CT molecular complexity index is 740. The SMILES string of the molecule is N#Cc1ccc(CN2C[C@H](O)C[C@@H]2c2cc(F)ccc2F)cc1. The third-order valence-electron chi connectivity index (χ3n) is 4.17. The molecule has 5 heteroatoms. The van der Waals surface area contributed by atoms with Gasteiger partial charge >= 0.3 is 0 Å². The standard InChI is InChI=1S/C18H16F2N2O/c19-14-5-6-17(20)16(7-14)18-8-15(23)11-22(18)10-13-3-1-12(9-21)2-4-13/h1-7,15,18,23H,8,10-11H2/t15-,18-/m1/s1. The van der Waals surface area contributed by atoms with Crippen molar-refractivity contribution >= 4 is 0 Å². The Labute approximate surface area is 133 Å².